The number of allylic oxidation sites excluding steroid dienone is 2. The van der Waals surface area contributed by atoms with E-state index in [-0.39, 0.29) is 37.5 Å². The molecule has 0 aliphatic heterocycles. The molecule has 0 atom stereocenters. The predicted molar refractivity (Wildman–Crippen MR) is 166 cm³/mol. The number of halogens is 1. The van der Waals surface area contributed by atoms with Gasteiger partial charge in [0, 0.05) is 26.2 Å². The Hall–Kier alpha value is -3.19. The Morgan fingerprint density at radius 2 is 1.61 bits per heavy atom. The largest absolute Gasteiger partial charge is 0 e. The van der Waals surface area contributed by atoms with Crippen LogP contribution >= 0.6 is 0 Å². The second-order valence-electron chi connectivity index (χ2n) is 11.2. The van der Waals surface area contributed by atoms with Crippen molar-refractivity contribution in [3.8, 4) is 22.4 Å². The van der Waals surface area contributed by atoms with Crippen LogP contribution in [0.25, 0.3) is 44.1 Å². The monoisotopic (exact) mass is 788 g/mol. The molecule has 7 heteroatoms. The average molecular weight is 786 g/mol. The molecule has 1 radical (unpaired) electrons. The van der Waals surface area contributed by atoms with Crippen molar-refractivity contribution in [2.45, 2.75) is 45.0 Å². The fourth-order valence-corrected chi connectivity index (χ4v) is 9.15. The van der Waals surface area contributed by atoms with Gasteiger partial charge in [0.05, 0.1) is 5.76 Å². The number of hydrogen-bond donors (Lipinski definition) is 1. The Morgan fingerprint density at radius 3 is 2.17 bits per heavy atom. The van der Waals surface area contributed by atoms with Crippen LogP contribution in [0.15, 0.2) is 78.8 Å². The summed E-state index contributed by atoms with van der Waals surface area (Å²) in [7, 11) is 0. The molecule has 0 amide bonds. The minimum Gasteiger partial charge on any atom is 0 e. The first-order chi connectivity index (χ1) is 18.8. The van der Waals surface area contributed by atoms with Gasteiger partial charge in [-0.25, -0.2) is 0 Å². The number of aryl methyl sites for hydroxylation is 2. The van der Waals surface area contributed by atoms with E-state index in [0.29, 0.717) is 0 Å². The maximum Gasteiger partial charge on any atom is 0 e. The first kappa shape index (κ1) is 32.3. The summed E-state index contributed by atoms with van der Waals surface area (Å²) in [5.41, 5.74) is 7.46. The third-order valence-corrected chi connectivity index (χ3v) is 10.7. The van der Waals surface area contributed by atoms with Crippen LogP contribution in [0.5, 0.6) is 0 Å². The first-order valence-electron chi connectivity index (χ1n) is 13.2. The molecule has 0 saturated carbocycles. The van der Waals surface area contributed by atoms with Crippen LogP contribution in [0.3, 0.4) is 0 Å². The molecule has 0 aliphatic carbocycles. The number of pyridine rings is 2. The van der Waals surface area contributed by atoms with Gasteiger partial charge in [-0.05, 0) is 13.8 Å². The van der Waals surface area contributed by atoms with Crippen LogP contribution in [-0.4, -0.2) is 34.1 Å². The van der Waals surface area contributed by atoms with Gasteiger partial charge in [-0.2, -0.15) is 0 Å². The zero-order chi connectivity index (χ0) is 29.2. The summed E-state index contributed by atoms with van der Waals surface area (Å²) in [5, 5.41) is 11.7. The van der Waals surface area contributed by atoms with E-state index in [9.17, 15) is 9.18 Å². The summed E-state index contributed by atoms with van der Waals surface area (Å²) in [6, 6.07) is 21.0. The molecule has 0 fully saturated rings. The summed E-state index contributed by atoms with van der Waals surface area (Å²) < 4.78 is 14.9. The van der Waals surface area contributed by atoms with Gasteiger partial charge in [0.1, 0.15) is 0 Å². The van der Waals surface area contributed by atoms with E-state index in [2.05, 4.69) is 67.5 Å². The van der Waals surface area contributed by atoms with E-state index in [1.165, 1.54) is 47.6 Å². The molecule has 2 heterocycles. The Labute approximate surface area is 257 Å². The Kier molecular flexibility index (Phi) is 10.4. The molecular weight excluding hydrogens is 752 g/mol. The van der Waals surface area contributed by atoms with Gasteiger partial charge >= 0.3 is 197 Å². The smallest absolute Gasteiger partial charge is 0 e. The van der Waals surface area contributed by atoms with E-state index in [1.807, 2.05) is 24.5 Å². The second-order valence-corrected chi connectivity index (χ2v) is 21.7. The van der Waals surface area contributed by atoms with Gasteiger partial charge in [-0.1, -0.05) is 0 Å². The van der Waals surface area contributed by atoms with E-state index in [4.69, 9.17) is 15.1 Å². The fraction of sp³-hybridized carbons (Fsp3) is 0.206. The third-order valence-electron chi connectivity index (χ3n) is 6.50. The van der Waals surface area contributed by atoms with Crippen LogP contribution in [0, 0.1) is 25.7 Å². The molecule has 0 bridgehead atoms. The van der Waals surface area contributed by atoms with Crippen LogP contribution in [-0.2, 0) is 24.9 Å². The number of aliphatic hydroxyl groups is 1. The molecule has 4 nitrogen and oxygen atoms in total. The second kappa shape index (κ2) is 13.2. The predicted octanol–water partition coefficient (Wildman–Crippen LogP) is 8.25. The molecule has 0 unspecified atom stereocenters. The van der Waals surface area contributed by atoms with Crippen molar-refractivity contribution in [3.63, 3.8) is 0 Å². The number of rotatable bonds is 4. The molecule has 1 N–H and O–H groups in total. The molecule has 213 valence electrons. The number of aromatic nitrogens is 2. The van der Waals surface area contributed by atoms with Crippen LogP contribution < -0.4 is 4.40 Å². The van der Waals surface area contributed by atoms with Crippen molar-refractivity contribution in [3.05, 3.63) is 102 Å². The van der Waals surface area contributed by atoms with Gasteiger partial charge in [-0.15, -0.1) is 0 Å². The third kappa shape index (κ3) is 7.56. The number of nitrogens with zero attached hydrogens (tertiary/aromatic N) is 2. The van der Waals surface area contributed by atoms with Crippen molar-refractivity contribution in [2.75, 3.05) is 0 Å². The normalized spacial score (nSPS) is 11.6. The summed E-state index contributed by atoms with van der Waals surface area (Å²) in [6.07, 6.45) is 5.02. The number of carbonyl (C=O) groups is 1. The van der Waals surface area contributed by atoms with Gasteiger partial charge in [0.25, 0.3) is 0 Å². The van der Waals surface area contributed by atoms with Gasteiger partial charge in [-0.3, -0.25) is 4.79 Å². The molecule has 5 rings (SSSR count). The molecule has 41 heavy (non-hydrogen) atoms. The Morgan fingerprint density at radius 1 is 0.927 bits per heavy atom. The molecule has 2 aromatic heterocycles. The van der Waals surface area contributed by atoms with E-state index >= 15 is 0 Å². The maximum absolute atomic E-state index is 13.6. The number of benzene rings is 3. The number of carbonyl (C=O) groups excluding carboxylic acids is 1. The van der Waals surface area contributed by atoms with Crippen LogP contribution in [0.2, 0.25) is 17.3 Å². The summed E-state index contributed by atoms with van der Waals surface area (Å²) in [6.45, 7) is 7.01. The molecule has 5 aromatic rings. The topological polar surface area (TPSA) is 63.1 Å². The van der Waals surface area contributed by atoms with Crippen molar-refractivity contribution >= 4 is 45.1 Å². The van der Waals surface area contributed by atoms with E-state index in [0.717, 1.165) is 44.1 Å². The number of fused-ring (bicyclic) bond motifs is 3. The minimum absolute atomic E-state index is 0. The minimum atomic E-state index is -2.37. The van der Waals surface area contributed by atoms with Crippen molar-refractivity contribution in [2.24, 2.45) is 0 Å². The number of hydrogen-bond acceptors (Lipinski definition) is 4. The SMILES string of the molecule is CC(=O)/C=C(/C)O.Cc1[c-]c(-c2nccc3c2cnc2[c]([Ge]([CH3])([CH3])[CH3])c(-c4ccc(F)cc4)ccc23)cc(C)c1.[Ir]. The van der Waals surface area contributed by atoms with Gasteiger partial charge < -0.3 is 5.11 Å². The van der Waals surface area contributed by atoms with Gasteiger partial charge in [0.15, 0.2) is 5.78 Å². The molecular formula is C34H34FGeIrN2O2-. The summed E-state index contributed by atoms with van der Waals surface area (Å²) in [4.78, 5) is 19.8. The zero-order valence-corrected chi connectivity index (χ0v) is 28.9. The molecule has 0 spiro atoms. The first-order valence-corrected chi connectivity index (χ1v) is 20.5. The molecule has 0 aliphatic rings. The fourth-order valence-electron chi connectivity index (χ4n) is 5.07. The van der Waals surface area contributed by atoms with Crippen molar-refractivity contribution < 1.29 is 34.4 Å². The number of aliphatic hydroxyl groups excluding tert-OH is 1. The molecule has 3 aromatic carbocycles. The number of ketones is 1. The van der Waals surface area contributed by atoms with E-state index in [1.54, 1.807) is 0 Å². The summed E-state index contributed by atoms with van der Waals surface area (Å²) in [5.74, 6) is 6.88. The molecule has 0 saturated heterocycles. The van der Waals surface area contributed by atoms with E-state index < -0.39 is 13.3 Å². The van der Waals surface area contributed by atoms with Crippen LogP contribution in [0.1, 0.15) is 25.0 Å². The maximum atomic E-state index is 13.6. The van der Waals surface area contributed by atoms with Crippen molar-refractivity contribution in [1.82, 2.24) is 9.97 Å². The summed E-state index contributed by atoms with van der Waals surface area (Å²) >= 11 is -2.37. The standard InChI is InChI=1S/C29H26FGeN2.C5H8O2.Ir/c1-18-14-19(2)16-21(15-18)28-26-17-33-29-25(24(26)12-13-32-28)11-10-23(27(29)31(3,4)5)20-6-8-22(30)9-7-20;1-4(6)3-5(2)7;/h6-15,17H,1-5H3;3,6H,1-2H3;/q-1;;/b;4-3-;. The quantitative estimate of drug-likeness (QED) is 0.0656. The van der Waals surface area contributed by atoms with Crippen LogP contribution in [0.4, 0.5) is 4.39 Å². The van der Waals surface area contributed by atoms with Crippen molar-refractivity contribution in [1.29, 1.82) is 0 Å². The Balaban J connectivity index is 0.000000516. The Bertz CT molecular complexity index is 1740. The zero-order valence-electron chi connectivity index (χ0n) is 24.4. The average Bonchev–Trinajstić information content (AvgIpc) is 2.86. The van der Waals surface area contributed by atoms with Gasteiger partial charge in [0.2, 0.25) is 0 Å².